The Kier molecular flexibility index (Phi) is 4.70. The van der Waals surface area contributed by atoms with Crippen molar-refractivity contribution >= 4 is 11.9 Å². The second kappa shape index (κ2) is 5.30. The Morgan fingerprint density at radius 2 is 1.83 bits per heavy atom. The molecule has 0 radical (unpaired) electrons. The largest absolute Gasteiger partial charge is 0.295 e. The van der Waals surface area contributed by atoms with Gasteiger partial charge in [0.25, 0.3) is 0 Å². The molecule has 0 aliphatic heterocycles. The Labute approximate surface area is 73.7 Å². The lowest BCUT2D eigenvalue weighted by molar-refractivity contribution is -0.112. The highest BCUT2D eigenvalue weighted by Gasteiger charge is 1.83. The summed E-state index contributed by atoms with van der Waals surface area (Å²) in [5.74, 6) is 0.0776. The summed E-state index contributed by atoms with van der Waals surface area (Å²) in [5, 5.41) is 0. The topological polar surface area (TPSA) is 17.1 Å². The van der Waals surface area contributed by atoms with Crippen LogP contribution < -0.4 is 0 Å². The molecule has 0 heterocycles. The Balaban J connectivity index is 0.00000121. The highest BCUT2D eigenvalue weighted by molar-refractivity contribution is 5.91. The third kappa shape index (κ3) is 3.71. The van der Waals surface area contributed by atoms with Gasteiger partial charge in [0.05, 0.1) is 0 Å². The number of carbonyl (C=O) groups is 1. The first-order chi connectivity index (χ1) is 5.29. The van der Waals surface area contributed by atoms with Gasteiger partial charge in [-0.1, -0.05) is 43.8 Å². The van der Waals surface area contributed by atoms with Crippen LogP contribution >= 0.6 is 0 Å². The Bertz CT molecular complexity index is 260. The van der Waals surface area contributed by atoms with Crippen molar-refractivity contribution in [1.29, 1.82) is 0 Å². The first kappa shape index (κ1) is 10.6. The fourth-order valence-corrected chi connectivity index (χ4v) is 0.778. The van der Waals surface area contributed by atoms with Crippen LogP contribution in [0.15, 0.2) is 36.4 Å². The van der Waals surface area contributed by atoms with Crippen molar-refractivity contribution in [1.82, 2.24) is 0 Å². The maximum atomic E-state index is 10.5. The van der Waals surface area contributed by atoms with Crippen LogP contribution in [0.25, 0.3) is 6.08 Å². The van der Waals surface area contributed by atoms with Crippen molar-refractivity contribution in [2.24, 2.45) is 0 Å². The van der Waals surface area contributed by atoms with Crippen LogP contribution in [0.4, 0.5) is 0 Å². The average Bonchev–Trinajstić information content (AvgIpc) is 2.03. The smallest absolute Gasteiger partial charge is 0.152 e. The summed E-state index contributed by atoms with van der Waals surface area (Å²) < 4.78 is 0. The summed E-state index contributed by atoms with van der Waals surface area (Å²) in [6.07, 6.45) is 3.37. The molecule has 1 rings (SSSR count). The molecule has 0 saturated carbocycles. The standard InChI is InChI=1S/C10H10O.CH4/c1-9(11)7-8-10-5-3-2-4-6-10;/h2-8H,1H3;1H4/b8-7+;. The molecule has 0 amide bonds. The van der Waals surface area contributed by atoms with Gasteiger partial charge in [-0.15, -0.1) is 0 Å². The predicted octanol–water partition coefficient (Wildman–Crippen LogP) is 2.92. The summed E-state index contributed by atoms with van der Waals surface area (Å²) in [4.78, 5) is 10.5. The van der Waals surface area contributed by atoms with Crippen LogP contribution in [0.2, 0.25) is 0 Å². The van der Waals surface area contributed by atoms with E-state index >= 15 is 0 Å². The second-order valence-corrected chi connectivity index (χ2v) is 2.35. The van der Waals surface area contributed by atoms with Gasteiger partial charge >= 0.3 is 0 Å². The van der Waals surface area contributed by atoms with E-state index in [1.807, 2.05) is 36.4 Å². The van der Waals surface area contributed by atoms with Crippen molar-refractivity contribution in [2.75, 3.05) is 0 Å². The molecule has 0 aliphatic rings. The van der Waals surface area contributed by atoms with Gasteiger partial charge in [-0.05, 0) is 18.6 Å². The minimum atomic E-state index is 0. The molecule has 0 fully saturated rings. The Morgan fingerprint density at radius 1 is 1.25 bits per heavy atom. The van der Waals surface area contributed by atoms with Crippen molar-refractivity contribution < 1.29 is 4.79 Å². The summed E-state index contributed by atoms with van der Waals surface area (Å²) in [7, 11) is 0. The molecule has 64 valence electrons. The van der Waals surface area contributed by atoms with Gasteiger partial charge in [-0.3, -0.25) is 4.79 Å². The van der Waals surface area contributed by atoms with E-state index in [4.69, 9.17) is 0 Å². The number of rotatable bonds is 2. The molecule has 1 nitrogen and oxygen atoms in total. The van der Waals surface area contributed by atoms with Gasteiger partial charge in [0, 0.05) is 0 Å². The van der Waals surface area contributed by atoms with Gasteiger partial charge in [0.15, 0.2) is 5.78 Å². The fourth-order valence-electron chi connectivity index (χ4n) is 0.778. The Hall–Kier alpha value is -1.37. The number of allylic oxidation sites excluding steroid dienone is 1. The number of hydrogen-bond acceptors (Lipinski definition) is 1. The van der Waals surface area contributed by atoms with Gasteiger partial charge in [-0.2, -0.15) is 0 Å². The highest BCUT2D eigenvalue weighted by Crippen LogP contribution is 2.00. The summed E-state index contributed by atoms with van der Waals surface area (Å²) in [5.41, 5.74) is 1.06. The molecule has 1 aromatic carbocycles. The van der Waals surface area contributed by atoms with E-state index in [0.29, 0.717) is 0 Å². The van der Waals surface area contributed by atoms with Crippen molar-refractivity contribution in [3.05, 3.63) is 42.0 Å². The molecule has 1 heteroatoms. The fraction of sp³-hybridized carbons (Fsp3) is 0.182. The first-order valence-electron chi connectivity index (χ1n) is 3.53. The Morgan fingerprint density at radius 3 is 2.33 bits per heavy atom. The molecule has 0 atom stereocenters. The molecule has 0 aliphatic carbocycles. The summed E-state index contributed by atoms with van der Waals surface area (Å²) in [6, 6.07) is 9.75. The van der Waals surface area contributed by atoms with Crippen LogP contribution in [-0.2, 0) is 4.79 Å². The minimum absolute atomic E-state index is 0. The molecule has 0 saturated heterocycles. The summed E-state index contributed by atoms with van der Waals surface area (Å²) in [6.45, 7) is 1.54. The predicted molar refractivity (Wildman–Crippen MR) is 52.9 cm³/mol. The number of ketones is 1. The van der Waals surface area contributed by atoms with E-state index < -0.39 is 0 Å². The van der Waals surface area contributed by atoms with Crippen LogP contribution in [0.5, 0.6) is 0 Å². The molecule has 0 N–H and O–H groups in total. The SMILES string of the molecule is C.CC(=O)/C=C/c1ccccc1. The minimum Gasteiger partial charge on any atom is -0.295 e. The molecule has 1 aromatic rings. The first-order valence-corrected chi connectivity index (χ1v) is 3.53. The molecular weight excluding hydrogens is 148 g/mol. The van der Waals surface area contributed by atoms with E-state index in [1.165, 1.54) is 0 Å². The number of carbonyl (C=O) groups excluding carboxylic acids is 1. The lowest BCUT2D eigenvalue weighted by Crippen LogP contribution is -1.79. The average molecular weight is 162 g/mol. The third-order valence-corrected chi connectivity index (χ3v) is 1.31. The molecule has 0 aromatic heterocycles. The molecule has 0 spiro atoms. The maximum Gasteiger partial charge on any atom is 0.152 e. The van der Waals surface area contributed by atoms with Gasteiger partial charge in [-0.25, -0.2) is 0 Å². The molecule has 0 unspecified atom stereocenters. The maximum absolute atomic E-state index is 10.5. The quantitative estimate of drug-likeness (QED) is 0.611. The van der Waals surface area contributed by atoms with E-state index in [1.54, 1.807) is 13.0 Å². The zero-order chi connectivity index (χ0) is 8.10. The zero-order valence-corrected chi connectivity index (χ0v) is 6.45. The van der Waals surface area contributed by atoms with E-state index in [0.717, 1.165) is 5.56 Å². The summed E-state index contributed by atoms with van der Waals surface area (Å²) >= 11 is 0. The zero-order valence-electron chi connectivity index (χ0n) is 6.45. The van der Waals surface area contributed by atoms with Crippen molar-refractivity contribution in [3.63, 3.8) is 0 Å². The van der Waals surface area contributed by atoms with E-state index in [2.05, 4.69) is 0 Å². The second-order valence-electron chi connectivity index (χ2n) is 2.35. The number of benzene rings is 1. The van der Waals surface area contributed by atoms with E-state index in [9.17, 15) is 4.79 Å². The van der Waals surface area contributed by atoms with Crippen LogP contribution in [0, 0.1) is 0 Å². The normalized spacial score (nSPS) is 9.42. The van der Waals surface area contributed by atoms with Gasteiger partial charge < -0.3 is 0 Å². The highest BCUT2D eigenvalue weighted by atomic mass is 16.1. The molecule has 12 heavy (non-hydrogen) atoms. The van der Waals surface area contributed by atoms with Crippen molar-refractivity contribution in [3.8, 4) is 0 Å². The van der Waals surface area contributed by atoms with Gasteiger partial charge in [0.2, 0.25) is 0 Å². The molecular formula is C11H14O. The number of hydrogen-bond donors (Lipinski definition) is 0. The monoisotopic (exact) mass is 162 g/mol. The van der Waals surface area contributed by atoms with E-state index in [-0.39, 0.29) is 13.2 Å². The van der Waals surface area contributed by atoms with Crippen LogP contribution in [0.1, 0.15) is 19.9 Å². The lowest BCUT2D eigenvalue weighted by atomic mass is 10.2. The lowest BCUT2D eigenvalue weighted by Gasteiger charge is -1.88. The third-order valence-electron chi connectivity index (χ3n) is 1.31. The van der Waals surface area contributed by atoms with Crippen molar-refractivity contribution in [2.45, 2.75) is 14.4 Å². The van der Waals surface area contributed by atoms with Crippen LogP contribution in [-0.4, -0.2) is 5.78 Å². The van der Waals surface area contributed by atoms with Gasteiger partial charge in [0.1, 0.15) is 0 Å². The van der Waals surface area contributed by atoms with Crippen LogP contribution in [0.3, 0.4) is 0 Å². The molecule has 0 bridgehead atoms.